The Hall–Kier alpha value is -2.28. The molecule has 5 nitrogen and oxygen atoms in total. The summed E-state index contributed by atoms with van der Waals surface area (Å²) >= 11 is 5.99. The van der Waals surface area contributed by atoms with E-state index in [0.717, 1.165) is 24.3 Å². The van der Waals surface area contributed by atoms with Gasteiger partial charge in [0.15, 0.2) is 9.84 Å². The van der Waals surface area contributed by atoms with Crippen LogP contribution in [-0.4, -0.2) is 31.1 Å². The Kier molecular flexibility index (Phi) is 6.05. The van der Waals surface area contributed by atoms with Gasteiger partial charge in [-0.15, -0.1) is 0 Å². The summed E-state index contributed by atoms with van der Waals surface area (Å²) < 4.78 is 63.7. The summed E-state index contributed by atoms with van der Waals surface area (Å²) in [6, 6.07) is 10.1. The number of nitrogens with one attached hydrogen (secondary N) is 1. The number of rotatable bonds is 7. The van der Waals surface area contributed by atoms with E-state index < -0.39 is 38.2 Å². The molecule has 160 valence electrons. The lowest BCUT2D eigenvalue weighted by molar-refractivity contribution is -0.137. The Balaban J connectivity index is 1.89. The number of benzene rings is 2. The van der Waals surface area contributed by atoms with E-state index in [4.69, 9.17) is 16.9 Å². The van der Waals surface area contributed by atoms with Gasteiger partial charge in [-0.2, -0.15) is 18.4 Å². The lowest BCUT2D eigenvalue weighted by Crippen LogP contribution is -2.42. The second-order valence-corrected chi connectivity index (χ2v) is 9.96. The molecule has 2 aromatic rings. The maximum atomic E-state index is 12.9. The number of halogens is 4. The number of nitriles is 1. The van der Waals surface area contributed by atoms with E-state index in [1.54, 1.807) is 0 Å². The molecule has 30 heavy (non-hydrogen) atoms. The van der Waals surface area contributed by atoms with Crippen LogP contribution in [-0.2, 0) is 21.6 Å². The summed E-state index contributed by atoms with van der Waals surface area (Å²) in [6.45, 7) is -0.285. The Bertz CT molecular complexity index is 1080. The quantitative estimate of drug-likeness (QED) is 0.651. The van der Waals surface area contributed by atoms with E-state index in [0.29, 0.717) is 18.5 Å². The van der Waals surface area contributed by atoms with E-state index in [2.05, 4.69) is 5.32 Å². The molecule has 1 fully saturated rings. The fraction of sp³-hybridized carbons (Fsp3) is 0.350. The first-order valence-electron chi connectivity index (χ1n) is 9.00. The van der Waals surface area contributed by atoms with Gasteiger partial charge >= 0.3 is 6.18 Å². The summed E-state index contributed by atoms with van der Waals surface area (Å²) in [5, 5.41) is 22.7. The molecule has 0 aromatic heterocycles. The predicted octanol–water partition coefficient (Wildman–Crippen LogP) is 4.11. The maximum Gasteiger partial charge on any atom is 0.416 e. The minimum atomic E-state index is -4.55. The van der Waals surface area contributed by atoms with Crippen LogP contribution in [0.25, 0.3) is 0 Å². The fourth-order valence-corrected chi connectivity index (χ4v) is 5.29. The normalized spacial score (nSPS) is 16.5. The summed E-state index contributed by atoms with van der Waals surface area (Å²) in [7, 11) is -3.64. The summed E-state index contributed by atoms with van der Waals surface area (Å²) in [6.07, 6.45) is -3.54. The monoisotopic (exact) mass is 458 g/mol. The smallest absolute Gasteiger partial charge is 0.382 e. The molecule has 1 aliphatic rings. The molecular formula is C20H18ClF3N2O3S. The molecule has 3 rings (SSSR count). The van der Waals surface area contributed by atoms with Crippen LogP contribution in [0.4, 0.5) is 18.9 Å². The van der Waals surface area contributed by atoms with Crippen LogP contribution in [0.1, 0.15) is 29.5 Å². The predicted molar refractivity (Wildman–Crippen MR) is 107 cm³/mol. The highest BCUT2D eigenvalue weighted by molar-refractivity contribution is 7.92. The van der Waals surface area contributed by atoms with Gasteiger partial charge in [0.1, 0.15) is 11.7 Å². The highest BCUT2D eigenvalue weighted by Crippen LogP contribution is 2.35. The van der Waals surface area contributed by atoms with Crippen molar-refractivity contribution < 1.29 is 26.7 Å². The molecule has 1 aliphatic carbocycles. The molecule has 0 spiro atoms. The summed E-state index contributed by atoms with van der Waals surface area (Å²) in [5.74, 6) is -0.632. The van der Waals surface area contributed by atoms with Crippen molar-refractivity contribution in [2.75, 3.05) is 17.6 Å². The second-order valence-electron chi connectivity index (χ2n) is 7.27. The van der Waals surface area contributed by atoms with Gasteiger partial charge in [0.25, 0.3) is 0 Å². The van der Waals surface area contributed by atoms with E-state index in [-0.39, 0.29) is 22.7 Å². The average molecular weight is 459 g/mol. The number of anilines is 1. The molecule has 1 atom stereocenters. The van der Waals surface area contributed by atoms with Crippen LogP contribution in [0, 0.1) is 11.3 Å². The van der Waals surface area contributed by atoms with Gasteiger partial charge in [0.2, 0.25) is 0 Å². The molecule has 1 unspecified atom stereocenters. The topological polar surface area (TPSA) is 90.2 Å². The van der Waals surface area contributed by atoms with Crippen molar-refractivity contribution in [1.29, 1.82) is 5.26 Å². The average Bonchev–Trinajstić information content (AvgIpc) is 3.52. The van der Waals surface area contributed by atoms with Crippen LogP contribution in [0.2, 0.25) is 5.02 Å². The zero-order chi connectivity index (χ0) is 22.2. The number of aliphatic hydroxyl groups is 1. The van der Waals surface area contributed by atoms with Gasteiger partial charge in [-0.3, -0.25) is 0 Å². The SMILES string of the molecule is N#Cc1ccc(NCC(O)(CS(=O)(=O)C2CC2)c2ccc(C(F)(F)F)cc2)cc1Cl. The van der Waals surface area contributed by atoms with Gasteiger partial charge in [-0.25, -0.2) is 8.42 Å². The number of hydrogen-bond donors (Lipinski definition) is 2. The largest absolute Gasteiger partial charge is 0.416 e. The molecule has 0 saturated heterocycles. The van der Waals surface area contributed by atoms with Gasteiger partial charge in [-0.1, -0.05) is 23.7 Å². The second kappa shape index (κ2) is 8.10. The molecule has 0 radical (unpaired) electrons. The molecule has 0 aliphatic heterocycles. The van der Waals surface area contributed by atoms with Crippen molar-refractivity contribution in [1.82, 2.24) is 0 Å². The summed E-state index contributed by atoms with van der Waals surface area (Å²) in [5.41, 5.74) is -2.14. The summed E-state index contributed by atoms with van der Waals surface area (Å²) in [4.78, 5) is 0. The van der Waals surface area contributed by atoms with Crippen molar-refractivity contribution >= 4 is 27.1 Å². The zero-order valence-corrected chi connectivity index (χ0v) is 17.2. The van der Waals surface area contributed by atoms with Gasteiger partial charge in [0, 0.05) is 12.2 Å². The standard InChI is InChI=1S/C20H18ClF3N2O3S/c21-18-9-16(6-1-13(18)10-25)26-11-19(27,12-30(28,29)17-7-8-17)14-2-4-15(5-3-14)20(22,23)24/h1-6,9,17,26-27H,7-8,11-12H2. The third-order valence-corrected chi connectivity index (χ3v) is 7.58. The molecule has 0 heterocycles. The Labute approximate surface area is 177 Å². The Morgan fingerprint density at radius 2 is 1.73 bits per heavy atom. The number of alkyl halides is 3. The fourth-order valence-electron chi connectivity index (χ4n) is 3.05. The molecule has 0 amide bonds. The third kappa shape index (κ3) is 5.06. The van der Waals surface area contributed by atoms with E-state index in [1.165, 1.54) is 18.2 Å². The van der Waals surface area contributed by atoms with Crippen molar-refractivity contribution in [2.45, 2.75) is 29.9 Å². The Morgan fingerprint density at radius 3 is 2.23 bits per heavy atom. The van der Waals surface area contributed by atoms with Crippen LogP contribution in [0.15, 0.2) is 42.5 Å². The highest BCUT2D eigenvalue weighted by atomic mass is 35.5. The van der Waals surface area contributed by atoms with Gasteiger partial charge in [-0.05, 0) is 48.7 Å². The highest BCUT2D eigenvalue weighted by Gasteiger charge is 2.43. The maximum absolute atomic E-state index is 12.9. The lowest BCUT2D eigenvalue weighted by Gasteiger charge is -2.29. The van der Waals surface area contributed by atoms with Crippen molar-refractivity contribution in [3.63, 3.8) is 0 Å². The minimum absolute atomic E-state index is 0.0481. The molecule has 2 aromatic carbocycles. The first-order chi connectivity index (χ1) is 13.9. The van der Waals surface area contributed by atoms with Crippen LogP contribution < -0.4 is 5.32 Å². The van der Waals surface area contributed by atoms with Crippen molar-refractivity contribution in [2.24, 2.45) is 0 Å². The number of sulfone groups is 1. The van der Waals surface area contributed by atoms with E-state index >= 15 is 0 Å². The van der Waals surface area contributed by atoms with Gasteiger partial charge < -0.3 is 10.4 Å². The molecule has 1 saturated carbocycles. The first-order valence-corrected chi connectivity index (χ1v) is 11.1. The number of hydrogen-bond acceptors (Lipinski definition) is 5. The molecule has 10 heteroatoms. The minimum Gasteiger partial charge on any atom is -0.382 e. The number of nitrogens with zero attached hydrogens (tertiary/aromatic N) is 1. The molecular weight excluding hydrogens is 441 g/mol. The molecule has 2 N–H and O–H groups in total. The molecule has 0 bridgehead atoms. The Morgan fingerprint density at radius 1 is 1.13 bits per heavy atom. The van der Waals surface area contributed by atoms with E-state index in [1.807, 2.05) is 6.07 Å². The van der Waals surface area contributed by atoms with Crippen LogP contribution in [0.3, 0.4) is 0 Å². The van der Waals surface area contributed by atoms with Crippen molar-refractivity contribution in [3.05, 3.63) is 64.2 Å². The van der Waals surface area contributed by atoms with Crippen LogP contribution >= 0.6 is 11.6 Å². The third-order valence-electron chi connectivity index (χ3n) is 4.90. The van der Waals surface area contributed by atoms with Gasteiger partial charge in [0.05, 0.1) is 27.2 Å². The lowest BCUT2D eigenvalue weighted by atomic mass is 9.94. The van der Waals surface area contributed by atoms with E-state index in [9.17, 15) is 26.7 Å². The van der Waals surface area contributed by atoms with Crippen molar-refractivity contribution in [3.8, 4) is 6.07 Å². The van der Waals surface area contributed by atoms with Crippen LogP contribution in [0.5, 0.6) is 0 Å². The first kappa shape index (κ1) is 22.4. The zero-order valence-electron chi connectivity index (χ0n) is 15.6.